The second-order valence-electron chi connectivity index (χ2n) is 3.97. The monoisotopic (exact) mass is 342 g/mol. The van der Waals surface area contributed by atoms with Crippen LogP contribution in [0, 0.1) is 0 Å². The molecule has 2 rings (SSSR count). The normalized spacial score (nSPS) is 14.1. The lowest BCUT2D eigenvalue weighted by molar-refractivity contribution is -0.131. The highest BCUT2D eigenvalue weighted by Gasteiger charge is 2.29. The van der Waals surface area contributed by atoms with Crippen molar-refractivity contribution in [3.05, 3.63) is 28.2 Å². The van der Waals surface area contributed by atoms with Gasteiger partial charge in [0.05, 0.1) is 12.1 Å². The Balaban J connectivity index is 1.97. The molecule has 0 atom stereocenters. The van der Waals surface area contributed by atoms with Crippen LogP contribution in [0.3, 0.4) is 0 Å². The fourth-order valence-corrected chi connectivity index (χ4v) is 1.97. The van der Waals surface area contributed by atoms with E-state index >= 15 is 0 Å². The SMILES string of the molecule is Nc1ccc(Br)cc1C(=O)OCC(=O)N1CCOC1=O. The predicted molar refractivity (Wildman–Crippen MR) is 71.9 cm³/mol. The Kier molecular flexibility index (Phi) is 4.23. The number of nitrogens with two attached hydrogens (primary N) is 1. The van der Waals surface area contributed by atoms with Gasteiger partial charge in [0.15, 0.2) is 6.61 Å². The minimum absolute atomic E-state index is 0.149. The van der Waals surface area contributed by atoms with Crippen molar-refractivity contribution in [1.82, 2.24) is 4.90 Å². The first-order chi connectivity index (χ1) is 9.49. The average molecular weight is 343 g/mol. The number of nitrogens with zero attached hydrogens (tertiary/aromatic N) is 1. The van der Waals surface area contributed by atoms with Gasteiger partial charge in [0.1, 0.15) is 6.61 Å². The molecular formula is C12H11BrN2O5. The molecule has 0 saturated carbocycles. The Morgan fingerprint density at radius 1 is 1.45 bits per heavy atom. The summed E-state index contributed by atoms with van der Waals surface area (Å²) in [4.78, 5) is 35.5. The van der Waals surface area contributed by atoms with Crippen LogP contribution in [0.5, 0.6) is 0 Å². The molecular weight excluding hydrogens is 332 g/mol. The quantitative estimate of drug-likeness (QED) is 0.653. The predicted octanol–water partition coefficient (Wildman–Crippen LogP) is 1.17. The van der Waals surface area contributed by atoms with E-state index in [2.05, 4.69) is 20.7 Å². The molecule has 0 unspecified atom stereocenters. The van der Waals surface area contributed by atoms with Crippen LogP contribution in [0.2, 0.25) is 0 Å². The number of imide groups is 1. The van der Waals surface area contributed by atoms with E-state index in [1.165, 1.54) is 6.07 Å². The summed E-state index contributed by atoms with van der Waals surface area (Å²) in [7, 11) is 0. The highest BCUT2D eigenvalue weighted by molar-refractivity contribution is 9.10. The molecule has 1 heterocycles. The Bertz CT molecular complexity index is 575. The molecule has 1 aliphatic heterocycles. The molecule has 1 saturated heterocycles. The lowest BCUT2D eigenvalue weighted by Crippen LogP contribution is -2.35. The molecule has 1 aliphatic rings. The molecule has 1 aromatic rings. The van der Waals surface area contributed by atoms with Gasteiger partial charge in [-0.25, -0.2) is 14.5 Å². The van der Waals surface area contributed by atoms with Crippen LogP contribution in [0.4, 0.5) is 10.5 Å². The second-order valence-corrected chi connectivity index (χ2v) is 4.88. The molecule has 1 aromatic carbocycles. The van der Waals surface area contributed by atoms with Gasteiger partial charge in [0.2, 0.25) is 0 Å². The van der Waals surface area contributed by atoms with E-state index in [1.54, 1.807) is 12.1 Å². The van der Waals surface area contributed by atoms with Crippen LogP contribution >= 0.6 is 15.9 Å². The Hall–Kier alpha value is -2.09. The number of cyclic esters (lactones) is 1. The van der Waals surface area contributed by atoms with E-state index < -0.39 is 24.6 Å². The van der Waals surface area contributed by atoms with Crippen molar-refractivity contribution >= 4 is 39.6 Å². The largest absolute Gasteiger partial charge is 0.452 e. The van der Waals surface area contributed by atoms with Crippen LogP contribution in [0.15, 0.2) is 22.7 Å². The zero-order valence-electron chi connectivity index (χ0n) is 10.3. The minimum atomic E-state index is -0.732. The third kappa shape index (κ3) is 3.08. The summed E-state index contributed by atoms with van der Waals surface area (Å²) >= 11 is 3.21. The molecule has 0 bridgehead atoms. The number of ether oxygens (including phenoxy) is 2. The molecule has 1 fully saturated rings. The number of benzene rings is 1. The Morgan fingerprint density at radius 2 is 2.20 bits per heavy atom. The number of rotatable bonds is 3. The van der Waals surface area contributed by atoms with Gasteiger partial charge in [-0.3, -0.25) is 4.79 Å². The van der Waals surface area contributed by atoms with E-state index in [0.717, 1.165) is 4.90 Å². The molecule has 20 heavy (non-hydrogen) atoms. The standard InChI is InChI=1S/C12H11BrN2O5/c13-7-1-2-9(14)8(5-7)11(17)20-6-10(16)15-3-4-19-12(15)18/h1-2,5H,3-4,6,14H2. The van der Waals surface area contributed by atoms with Crippen molar-refractivity contribution in [3.63, 3.8) is 0 Å². The molecule has 2 N–H and O–H groups in total. The van der Waals surface area contributed by atoms with Gasteiger partial charge in [-0.05, 0) is 18.2 Å². The Labute approximate surface area is 122 Å². The minimum Gasteiger partial charge on any atom is -0.452 e. The number of hydrogen-bond donors (Lipinski definition) is 1. The molecule has 7 nitrogen and oxygen atoms in total. The first-order valence-corrected chi connectivity index (χ1v) is 6.47. The maximum Gasteiger partial charge on any atom is 0.416 e. The van der Waals surface area contributed by atoms with E-state index in [0.29, 0.717) is 4.47 Å². The fourth-order valence-electron chi connectivity index (χ4n) is 1.61. The van der Waals surface area contributed by atoms with Gasteiger partial charge in [0, 0.05) is 10.2 Å². The third-order valence-corrected chi connectivity index (χ3v) is 3.12. The van der Waals surface area contributed by atoms with Crippen LogP contribution in [-0.2, 0) is 14.3 Å². The fraction of sp³-hybridized carbons (Fsp3) is 0.250. The topological polar surface area (TPSA) is 98.9 Å². The van der Waals surface area contributed by atoms with E-state index in [1.807, 2.05) is 0 Å². The zero-order chi connectivity index (χ0) is 14.7. The number of amides is 2. The maximum absolute atomic E-state index is 11.8. The summed E-state index contributed by atoms with van der Waals surface area (Å²) in [5.74, 6) is -1.36. The maximum atomic E-state index is 11.8. The summed E-state index contributed by atoms with van der Waals surface area (Å²) in [6, 6.07) is 4.71. The van der Waals surface area contributed by atoms with E-state index in [4.69, 9.17) is 10.5 Å². The molecule has 0 radical (unpaired) electrons. The number of carbonyl (C=O) groups excluding carboxylic acids is 3. The van der Waals surface area contributed by atoms with Crippen LogP contribution in [-0.4, -0.2) is 42.6 Å². The number of hydrogen-bond acceptors (Lipinski definition) is 6. The summed E-state index contributed by atoms with van der Waals surface area (Å²) < 4.78 is 10.1. The molecule has 8 heteroatoms. The summed E-state index contributed by atoms with van der Waals surface area (Å²) in [5.41, 5.74) is 6.04. The van der Waals surface area contributed by atoms with Gasteiger partial charge in [-0.15, -0.1) is 0 Å². The molecule has 0 aliphatic carbocycles. The van der Waals surface area contributed by atoms with Crippen molar-refractivity contribution in [2.45, 2.75) is 0 Å². The smallest absolute Gasteiger partial charge is 0.416 e. The summed E-state index contributed by atoms with van der Waals surface area (Å²) in [5, 5.41) is 0. The first-order valence-electron chi connectivity index (χ1n) is 5.68. The summed E-state index contributed by atoms with van der Waals surface area (Å²) in [6.07, 6.45) is -0.729. The highest BCUT2D eigenvalue weighted by atomic mass is 79.9. The molecule has 2 amide bonds. The van der Waals surface area contributed by atoms with Crippen LogP contribution in [0.25, 0.3) is 0 Å². The van der Waals surface area contributed by atoms with Gasteiger partial charge in [-0.2, -0.15) is 0 Å². The second kappa shape index (κ2) is 5.91. The first kappa shape index (κ1) is 14.3. The Morgan fingerprint density at radius 3 is 2.85 bits per heavy atom. The zero-order valence-corrected chi connectivity index (χ0v) is 11.9. The highest BCUT2D eigenvalue weighted by Crippen LogP contribution is 2.19. The van der Waals surface area contributed by atoms with E-state index in [-0.39, 0.29) is 24.4 Å². The van der Waals surface area contributed by atoms with Gasteiger partial charge < -0.3 is 15.2 Å². The number of anilines is 1. The molecule has 106 valence electrons. The lowest BCUT2D eigenvalue weighted by atomic mass is 10.2. The van der Waals surface area contributed by atoms with Crippen molar-refractivity contribution < 1.29 is 23.9 Å². The van der Waals surface area contributed by atoms with Crippen LogP contribution < -0.4 is 5.73 Å². The van der Waals surface area contributed by atoms with Crippen molar-refractivity contribution in [2.24, 2.45) is 0 Å². The van der Waals surface area contributed by atoms with Crippen molar-refractivity contribution in [2.75, 3.05) is 25.5 Å². The van der Waals surface area contributed by atoms with Crippen LogP contribution in [0.1, 0.15) is 10.4 Å². The van der Waals surface area contributed by atoms with E-state index in [9.17, 15) is 14.4 Å². The number of nitrogen functional groups attached to an aromatic ring is 1. The third-order valence-electron chi connectivity index (χ3n) is 2.62. The van der Waals surface area contributed by atoms with Crippen molar-refractivity contribution in [3.8, 4) is 0 Å². The van der Waals surface area contributed by atoms with Gasteiger partial charge in [0.25, 0.3) is 5.91 Å². The number of carbonyl (C=O) groups is 3. The van der Waals surface area contributed by atoms with Gasteiger partial charge in [-0.1, -0.05) is 15.9 Å². The summed E-state index contributed by atoms with van der Waals surface area (Å²) in [6.45, 7) is -0.231. The molecule has 0 spiro atoms. The molecule has 0 aromatic heterocycles. The van der Waals surface area contributed by atoms with Gasteiger partial charge >= 0.3 is 12.1 Å². The number of esters is 1. The average Bonchev–Trinajstić information content (AvgIpc) is 2.84. The lowest BCUT2D eigenvalue weighted by Gasteiger charge is -2.11. The van der Waals surface area contributed by atoms with Crippen molar-refractivity contribution in [1.29, 1.82) is 0 Å². The number of halogens is 1.